The zero-order valence-corrected chi connectivity index (χ0v) is 17.7. The zero-order valence-electron chi connectivity index (χ0n) is 16.9. The van der Waals surface area contributed by atoms with Crippen LogP contribution in [-0.4, -0.2) is 37.9 Å². The molecule has 1 N–H and O–H groups in total. The highest BCUT2D eigenvalue weighted by Gasteiger charge is 2.32. The lowest BCUT2D eigenvalue weighted by molar-refractivity contribution is -0.137. The number of aryl methyl sites for hydroxylation is 2. The first-order valence-electron chi connectivity index (χ1n) is 8.97. The van der Waals surface area contributed by atoms with Crippen LogP contribution in [0.3, 0.4) is 0 Å². The van der Waals surface area contributed by atoms with Crippen molar-refractivity contribution >= 4 is 26.7 Å². The summed E-state index contributed by atoms with van der Waals surface area (Å²) in [6, 6.07) is 6.50. The number of alkyl halides is 3. The minimum absolute atomic E-state index is 0.00861. The number of fused-ring (bicyclic) bond motifs is 1. The van der Waals surface area contributed by atoms with Crippen molar-refractivity contribution in [1.82, 2.24) is 9.13 Å². The number of sulfonamides is 1. The van der Waals surface area contributed by atoms with Crippen LogP contribution in [0.1, 0.15) is 5.56 Å². The maximum Gasteiger partial charge on any atom is 0.416 e. The molecule has 8 nitrogen and oxygen atoms in total. The molecule has 12 heteroatoms. The normalized spacial score (nSPS) is 12.3. The molecule has 2 aromatic carbocycles. The number of nitrogens with zero attached hydrogens (tertiary/aromatic N) is 2. The lowest BCUT2D eigenvalue weighted by atomic mass is 10.2. The number of hydrogen-bond acceptors (Lipinski definition) is 5. The average Bonchev–Trinajstić information content (AvgIpc) is 2.92. The van der Waals surface area contributed by atoms with E-state index in [-0.39, 0.29) is 35.2 Å². The number of ether oxygens (including phenoxy) is 2. The van der Waals surface area contributed by atoms with Gasteiger partial charge in [0.15, 0.2) is 0 Å². The van der Waals surface area contributed by atoms with E-state index in [2.05, 4.69) is 4.72 Å². The number of halogens is 3. The van der Waals surface area contributed by atoms with Gasteiger partial charge in [0.25, 0.3) is 10.0 Å². The van der Waals surface area contributed by atoms with Gasteiger partial charge in [-0.25, -0.2) is 13.2 Å². The standard InChI is InChI=1S/C19H20F3N3O5S/c1-24-15-6-5-13(11-16(15)25(2)18(24)26)31(27,28)23-14-10-12(19(20,21)22)4-7-17(14)30-9-8-29-3/h4-7,10-11,23H,8-9H2,1-3H3. The highest BCUT2D eigenvalue weighted by molar-refractivity contribution is 7.92. The van der Waals surface area contributed by atoms with Gasteiger partial charge in [-0.15, -0.1) is 0 Å². The van der Waals surface area contributed by atoms with Gasteiger partial charge in [0.05, 0.1) is 33.8 Å². The third-order valence-corrected chi connectivity index (χ3v) is 6.01. The van der Waals surface area contributed by atoms with Crippen LogP contribution in [0.4, 0.5) is 18.9 Å². The Hall–Kier alpha value is -2.99. The molecular weight excluding hydrogens is 439 g/mol. The van der Waals surface area contributed by atoms with Gasteiger partial charge in [0, 0.05) is 21.2 Å². The molecule has 0 unspecified atom stereocenters. The molecule has 1 heterocycles. The van der Waals surface area contributed by atoms with E-state index < -0.39 is 21.8 Å². The summed E-state index contributed by atoms with van der Waals surface area (Å²) < 4.78 is 80.3. The molecule has 0 saturated carbocycles. The first-order valence-corrected chi connectivity index (χ1v) is 10.5. The van der Waals surface area contributed by atoms with E-state index in [9.17, 15) is 26.4 Å². The molecular formula is C19H20F3N3O5S. The van der Waals surface area contributed by atoms with E-state index >= 15 is 0 Å². The summed E-state index contributed by atoms with van der Waals surface area (Å²) in [4.78, 5) is 11.8. The molecule has 0 aliphatic carbocycles. The largest absolute Gasteiger partial charge is 0.489 e. The van der Waals surface area contributed by atoms with Crippen molar-refractivity contribution in [3.8, 4) is 5.75 Å². The molecule has 0 radical (unpaired) electrons. The highest BCUT2D eigenvalue weighted by atomic mass is 32.2. The predicted molar refractivity (Wildman–Crippen MR) is 108 cm³/mol. The Morgan fingerprint density at radius 1 is 1.00 bits per heavy atom. The maximum absolute atomic E-state index is 13.1. The zero-order chi connectivity index (χ0) is 23.0. The van der Waals surface area contributed by atoms with Crippen molar-refractivity contribution in [2.75, 3.05) is 25.0 Å². The molecule has 3 rings (SSSR count). The molecule has 3 aromatic rings. The first-order chi connectivity index (χ1) is 14.5. The molecule has 0 aliphatic rings. The van der Waals surface area contributed by atoms with Crippen LogP contribution >= 0.6 is 0 Å². The van der Waals surface area contributed by atoms with Crippen LogP contribution < -0.4 is 15.1 Å². The molecule has 0 atom stereocenters. The molecule has 168 valence electrons. The molecule has 0 saturated heterocycles. The minimum Gasteiger partial charge on any atom is -0.489 e. The van der Waals surface area contributed by atoms with E-state index in [4.69, 9.17) is 9.47 Å². The molecule has 0 spiro atoms. The van der Waals surface area contributed by atoms with Crippen molar-refractivity contribution < 1.29 is 31.1 Å². The molecule has 0 fully saturated rings. The van der Waals surface area contributed by atoms with Crippen LogP contribution in [0, 0.1) is 0 Å². The number of methoxy groups -OCH3 is 1. The van der Waals surface area contributed by atoms with E-state index in [1.165, 1.54) is 41.5 Å². The summed E-state index contributed by atoms with van der Waals surface area (Å²) in [7, 11) is 0.164. The van der Waals surface area contributed by atoms with Gasteiger partial charge in [-0.3, -0.25) is 13.9 Å². The molecule has 0 amide bonds. The number of aromatic nitrogens is 2. The molecule has 0 bridgehead atoms. The fourth-order valence-corrected chi connectivity index (χ4v) is 4.09. The topological polar surface area (TPSA) is 91.6 Å². The Balaban J connectivity index is 2.04. The van der Waals surface area contributed by atoms with E-state index in [1.807, 2.05) is 0 Å². The number of imidazole rings is 1. The van der Waals surface area contributed by atoms with Crippen molar-refractivity contribution in [2.24, 2.45) is 14.1 Å². The number of anilines is 1. The Labute approximate surface area is 175 Å². The number of nitrogens with one attached hydrogen (secondary N) is 1. The SMILES string of the molecule is COCCOc1ccc(C(F)(F)F)cc1NS(=O)(=O)c1ccc2c(c1)n(C)c(=O)n2C. The minimum atomic E-state index is -4.67. The fraction of sp³-hybridized carbons (Fsp3) is 0.316. The molecule has 1 aromatic heterocycles. The smallest absolute Gasteiger partial charge is 0.416 e. The van der Waals surface area contributed by atoms with Crippen LogP contribution in [0.2, 0.25) is 0 Å². The maximum atomic E-state index is 13.1. The fourth-order valence-electron chi connectivity index (χ4n) is 3.00. The van der Waals surface area contributed by atoms with Crippen molar-refractivity contribution in [2.45, 2.75) is 11.1 Å². The van der Waals surface area contributed by atoms with Gasteiger partial charge in [-0.2, -0.15) is 13.2 Å². The quantitative estimate of drug-likeness (QED) is 0.549. The summed E-state index contributed by atoms with van der Waals surface area (Å²) >= 11 is 0. The Kier molecular flexibility index (Phi) is 6.05. The first kappa shape index (κ1) is 22.7. The summed E-state index contributed by atoms with van der Waals surface area (Å²) in [5.41, 5.74) is -0.882. The average molecular weight is 459 g/mol. The summed E-state index contributed by atoms with van der Waals surface area (Å²) in [6.45, 7) is 0.167. The number of rotatable bonds is 7. The van der Waals surface area contributed by atoms with Gasteiger partial charge < -0.3 is 9.47 Å². The summed E-state index contributed by atoms with van der Waals surface area (Å²) in [5.74, 6) is -0.0817. The second-order valence-corrected chi connectivity index (χ2v) is 8.39. The molecule has 31 heavy (non-hydrogen) atoms. The van der Waals surface area contributed by atoms with Crippen molar-refractivity contribution in [1.29, 1.82) is 0 Å². The summed E-state index contributed by atoms with van der Waals surface area (Å²) in [6.07, 6.45) is -4.67. The Bertz CT molecular complexity index is 1280. The van der Waals surface area contributed by atoms with Crippen LogP contribution in [0.15, 0.2) is 46.1 Å². The monoisotopic (exact) mass is 459 g/mol. The number of hydrogen-bond donors (Lipinski definition) is 1. The lowest BCUT2D eigenvalue weighted by Crippen LogP contribution is -2.19. The van der Waals surface area contributed by atoms with Gasteiger partial charge >= 0.3 is 11.9 Å². The van der Waals surface area contributed by atoms with Gasteiger partial charge in [0.2, 0.25) is 0 Å². The highest BCUT2D eigenvalue weighted by Crippen LogP contribution is 2.36. The van der Waals surface area contributed by atoms with Crippen LogP contribution in [-0.2, 0) is 35.0 Å². The van der Waals surface area contributed by atoms with Gasteiger partial charge in [-0.1, -0.05) is 0 Å². The van der Waals surface area contributed by atoms with Crippen LogP contribution in [0.25, 0.3) is 11.0 Å². The van der Waals surface area contributed by atoms with Gasteiger partial charge in [-0.05, 0) is 36.4 Å². The van der Waals surface area contributed by atoms with Crippen LogP contribution in [0.5, 0.6) is 5.75 Å². The van der Waals surface area contributed by atoms with Gasteiger partial charge in [0.1, 0.15) is 12.4 Å². The van der Waals surface area contributed by atoms with Crippen molar-refractivity contribution in [3.63, 3.8) is 0 Å². The van der Waals surface area contributed by atoms with E-state index in [1.54, 1.807) is 7.05 Å². The lowest BCUT2D eigenvalue weighted by Gasteiger charge is -2.16. The predicted octanol–water partition coefficient (Wildman–Crippen LogP) is 2.72. The van der Waals surface area contributed by atoms with Crippen molar-refractivity contribution in [3.05, 3.63) is 52.4 Å². The second-order valence-electron chi connectivity index (χ2n) is 6.71. The molecule has 0 aliphatic heterocycles. The summed E-state index contributed by atoms with van der Waals surface area (Å²) in [5, 5.41) is 0. The Morgan fingerprint density at radius 3 is 2.32 bits per heavy atom. The Morgan fingerprint density at radius 2 is 1.68 bits per heavy atom. The van der Waals surface area contributed by atoms with E-state index in [0.717, 1.165) is 12.1 Å². The third kappa shape index (κ3) is 4.54. The van der Waals surface area contributed by atoms with E-state index in [0.29, 0.717) is 17.1 Å². The third-order valence-electron chi connectivity index (χ3n) is 4.65. The number of benzene rings is 2. The second kappa shape index (κ2) is 8.27.